The summed E-state index contributed by atoms with van der Waals surface area (Å²) in [5.41, 5.74) is 2.11. The number of benzene rings is 1. The summed E-state index contributed by atoms with van der Waals surface area (Å²) in [4.78, 5) is 13.5. The third-order valence-corrected chi connectivity index (χ3v) is 4.36. The van der Waals surface area contributed by atoms with E-state index in [2.05, 4.69) is 4.90 Å². The molecule has 3 rings (SSSR count). The summed E-state index contributed by atoms with van der Waals surface area (Å²) in [6.07, 6.45) is 5.49. The van der Waals surface area contributed by atoms with Crippen LogP contribution >= 0.6 is 11.6 Å². The van der Waals surface area contributed by atoms with Crippen molar-refractivity contribution in [2.75, 3.05) is 19.6 Å². The van der Waals surface area contributed by atoms with Crippen LogP contribution in [0.1, 0.15) is 18.4 Å². The van der Waals surface area contributed by atoms with E-state index in [1.165, 1.54) is 31.5 Å². The number of aliphatic carboxylic acids is 1. The third kappa shape index (κ3) is 3.22. The molecule has 5 heteroatoms. The molecule has 0 radical (unpaired) electrons. The van der Waals surface area contributed by atoms with E-state index in [9.17, 15) is 4.79 Å². The van der Waals surface area contributed by atoms with Crippen molar-refractivity contribution < 1.29 is 9.90 Å². The van der Waals surface area contributed by atoms with Gasteiger partial charge in [-0.3, -0.25) is 4.79 Å². The standard InChI is InChI=1S/C16H19ClN2O2/c17-13-3-4-14-12(5-8-18-6-1-2-7-18)10-19(11-16(20)21)15(14)9-13/h3-4,9-10H,1-2,5-8,11H2,(H,20,21). The third-order valence-electron chi connectivity index (χ3n) is 4.13. The van der Waals surface area contributed by atoms with E-state index in [0.717, 1.165) is 23.9 Å². The first-order valence-electron chi connectivity index (χ1n) is 7.35. The van der Waals surface area contributed by atoms with Crippen molar-refractivity contribution in [3.8, 4) is 0 Å². The van der Waals surface area contributed by atoms with Gasteiger partial charge in [-0.05, 0) is 50.0 Å². The zero-order chi connectivity index (χ0) is 14.8. The number of aromatic nitrogens is 1. The van der Waals surface area contributed by atoms with Gasteiger partial charge in [0.25, 0.3) is 0 Å². The Morgan fingerprint density at radius 1 is 1.29 bits per heavy atom. The molecule has 0 saturated carbocycles. The van der Waals surface area contributed by atoms with Gasteiger partial charge >= 0.3 is 5.97 Å². The minimum Gasteiger partial charge on any atom is -0.480 e. The monoisotopic (exact) mass is 306 g/mol. The zero-order valence-electron chi connectivity index (χ0n) is 11.9. The number of hydrogen-bond acceptors (Lipinski definition) is 2. The molecule has 1 fully saturated rings. The number of carboxylic acid groups (broad SMARTS) is 1. The second kappa shape index (κ2) is 6.08. The highest BCUT2D eigenvalue weighted by Crippen LogP contribution is 2.25. The first kappa shape index (κ1) is 14.4. The molecule has 1 aliphatic rings. The lowest BCUT2D eigenvalue weighted by Crippen LogP contribution is -2.21. The van der Waals surface area contributed by atoms with Crippen molar-refractivity contribution in [1.29, 1.82) is 0 Å². The summed E-state index contributed by atoms with van der Waals surface area (Å²) in [5, 5.41) is 10.8. The van der Waals surface area contributed by atoms with E-state index in [0.29, 0.717) is 5.02 Å². The number of likely N-dealkylation sites (tertiary alicyclic amines) is 1. The maximum absolute atomic E-state index is 11.0. The fourth-order valence-corrected chi connectivity index (χ4v) is 3.27. The molecule has 21 heavy (non-hydrogen) atoms. The van der Waals surface area contributed by atoms with Crippen molar-refractivity contribution in [1.82, 2.24) is 9.47 Å². The van der Waals surface area contributed by atoms with Gasteiger partial charge in [0.1, 0.15) is 6.54 Å². The van der Waals surface area contributed by atoms with Crippen LogP contribution in [0.3, 0.4) is 0 Å². The summed E-state index contributed by atoms with van der Waals surface area (Å²) in [6.45, 7) is 3.37. The number of nitrogens with zero attached hydrogens (tertiary/aromatic N) is 2. The lowest BCUT2D eigenvalue weighted by atomic mass is 10.1. The Morgan fingerprint density at radius 3 is 2.76 bits per heavy atom. The maximum Gasteiger partial charge on any atom is 0.323 e. The number of carbonyl (C=O) groups is 1. The SMILES string of the molecule is O=C(O)Cn1cc(CCN2CCCC2)c2ccc(Cl)cc21. The summed E-state index contributed by atoms with van der Waals surface area (Å²) in [6, 6.07) is 5.71. The van der Waals surface area contributed by atoms with Crippen molar-refractivity contribution in [3.63, 3.8) is 0 Å². The number of fused-ring (bicyclic) bond motifs is 1. The predicted octanol–water partition coefficient (Wildman–Crippen LogP) is 3.02. The molecule has 1 aliphatic heterocycles. The van der Waals surface area contributed by atoms with E-state index < -0.39 is 5.97 Å². The highest BCUT2D eigenvalue weighted by molar-refractivity contribution is 6.31. The molecule has 1 aromatic carbocycles. The number of rotatable bonds is 5. The number of hydrogen-bond donors (Lipinski definition) is 1. The van der Waals surface area contributed by atoms with Gasteiger partial charge in [0, 0.05) is 23.2 Å². The topological polar surface area (TPSA) is 45.5 Å². The first-order chi connectivity index (χ1) is 10.1. The van der Waals surface area contributed by atoms with Gasteiger partial charge in [-0.1, -0.05) is 17.7 Å². The van der Waals surface area contributed by atoms with Gasteiger partial charge in [-0.15, -0.1) is 0 Å². The van der Waals surface area contributed by atoms with E-state index in [4.69, 9.17) is 16.7 Å². The second-order valence-electron chi connectivity index (χ2n) is 5.64. The Morgan fingerprint density at radius 2 is 2.05 bits per heavy atom. The van der Waals surface area contributed by atoms with Crippen LogP contribution in [0.2, 0.25) is 5.02 Å². The molecule has 0 amide bonds. The Balaban J connectivity index is 1.88. The van der Waals surface area contributed by atoms with E-state index in [-0.39, 0.29) is 6.54 Å². The molecule has 4 nitrogen and oxygen atoms in total. The first-order valence-corrected chi connectivity index (χ1v) is 7.73. The summed E-state index contributed by atoms with van der Waals surface area (Å²) in [7, 11) is 0. The highest BCUT2D eigenvalue weighted by atomic mass is 35.5. The van der Waals surface area contributed by atoms with Crippen LogP contribution in [0.4, 0.5) is 0 Å². The van der Waals surface area contributed by atoms with Crippen molar-refractivity contribution in [3.05, 3.63) is 35.0 Å². The molecule has 0 spiro atoms. The molecule has 1 aromatic heterocycles. The molecule has 0 unspecified atom stereocenters. The van der Waals surface area contributed by atoms with E-state index in [1.54, 1.807) is 4.57 Å². The minimum absolute atomic E-state index is 0.0272. The molecule has 2 aromatic rings. The van der Waals surface area contributed by atoms with Gasteiger partial charge in [0.2, 0.25) is 0 Å². The number of halogens is 1. The second-order valence-corrected chi connectivity index (χ2v) is 6.07. The lowest BCUT2D eigenvalue weighted by Gasteiger charge is -2.13. The highest BCUT2D eigenvalue weighted by Gasteiger charge is 2.14. The van der Waals surface area contributed by atoms with E-state index in [1.807, 2.05) is 24.4 Å². The fraction of sp³-hybridized carbons (Fsp3) is 0.438. The van der Waals surface area contributed by atoms with Gasteiger partial charge in [-0.2, -0.15) is 0 Å². The average Bonchev–Trinajstić information content (AvgIpc) is 3.04. The van der Waals surface area contributed by atoms with Crippen LogP contribution in [0.5, 0.6) is 0 Å². The molecule has 0 aliphatic carbocycles. The quantitative estimate of drug-likeness (QED) is 0.923. The lowest BCUT2D eigenvalue weighted by molar-refractivity contribution is -0.137. The Bertz CT molecular complexity index is 660. The maximum atomic E-state index is 11.0. The summed E-state index contributed by atoms with van der Waals surface area (Å²) < 4.78 is 1.78. The average molecular weight is 307 g/mol. The normalized spacial score (nSPS) is 15.9. The smallest absolute Gasteiger partial charge is 0.323 e. The van der Waals surface area contributed by atoms with Crippen LogP contribution in [0.15, 0.2) is 24.4 Å². The minimum atomic E-state index is -0.835. The zero-order valence-corrected chi connectivity index (χ0v) is 12.6. The van der Waals surface area contributed by atoms with Crippen LogP contribution in [-0.4, -0.2) is 40.2 Å². The van der Waals surface area contributed by atoms with Gasteiger partial charge in [0.05, 0.1) is 5.52 Å². The Labute approximate surface area is 128 Å². The summed E-state index contributed by atoms with van der Waals surface area (Å²) in [5.74, 6) is -0.835. The van der Waals surface area contributed by atoms with Gasteiger partial charge in [0.15, 0.2) is 0 Å². The largest absolute Gasteiger partial charge is 0.480 e. The van der Waals surface area contributed by atoms with Gasteiger partial charge < -0.3 is 14.6 Å². The molecule has 0 atom stereocenters. The van der Waals surface area contributed by atoms with Crippen LogP contribution in [0.25, 0.3) is 10.9 Å². The number of carboxylic acids is 1. The molecule has 1 N–H and O–H groups in total. The molecule has 1 saturated heterocycles. The van der Waals surface area contributed by atoms with Gasteiger partial charge in [-0.25, -0.2) is 0 Å². The van der Waals surface area contributed by atoms with Crippen molar-refractivity contribution >= 4 is 28.5 Å². The fourth-order valence-electron chi connectivity index (χ4n) is 3.10. The molecular weight excluding hydrogens is 288 g/mol. The molecular formula is C16H19ClN2O2. The van der Waals surface area contributed by atoms with Crippen molar-refractivity contribution in [2.45, 2.75) is 25.8 Å². The van der Waals surface area contributed by atoms with Crippen LogP contribution in [-0.2, 0) is 17.8 Å². The Kier molecular flexibility index (Phi) is 4.17. The summed E-state index contributed by atoms with van der Waals surface area (Å²) >= 11 is 6.05. The molecule has 112 valence electrons. The van der Waals surface area contributed by atoms with Crippen LogP contribution < -0.4 is 0 Å². The molecule has 2 heterocycles. The van der Waals surface area contributed by atoms with Crippen LogP contribution in [0, 0.1) is 0 Å². The van der Waals surface area contributed by atoms with Crippen molar-refractivity contribution in [2.24, 2.45) is 0 Å². The van der Waals surface area contributed by atoms with E-state index >= 15 is 0 Å². The Hall–Kier alpha value is -1.52. The predicted molar refractivity (Wildman–Crippen MR) is 84.0 cm³/mol. The molecule has 0 bridgehead atoms.